The van der Waals surface area contributed by atoms with Crippen LogP contribution in [0.4, 0.5) is 17.2 Å². The van der Waals surface area contributed by atoms with E-state index >= 15 is 0 Å². The van der Waals surface area contributed by atoms with Crippen molar-refractivity contribution in [2.24, 2.45) is 0 Å². The Kier molecular flexibility index (Phi) is 5.33. The number of nitrogens with zero attached hydrogens (tertiary/aromatic N) is 2. The van der Waals surface area contributed by atoms with Crippen LogP contribution in [0.25, 0.3) is 0 Å². The van der Waals surface area contributed by atoms with Crippen LogP contribution >= 0.6 is 0 Å². The molecule has 3 rings (SSSR count). The zero-order chi connectivity index (χ0) is 21.2. The highest BCUT2D eigenvalue weighted by molar-refractivity contribution is 7.92. The van der Waals surface area contributed by atoms with E-state index in [1.165, 1.54) is 48.5 Å². The molecule has 0 atom stereocenters. The molecule has 0 aliphatic carbocycles. The van der Waals surface area contributed by atoms with Gasteiger partial charge in [-0.15, -0.1) is 0 Å². The second-order valence-electron chi connectivity index (χ2n) is 6.17. The highest BCUT2D eigenvalue weighted by atomic mass is 32.2. The third kappa shape index (κ3) is 4.58. The van der Waals surface area contributed by atoms with Gasteiger partial charge in [0.15, 0.2) is 5.82 Å². The fourth-order valence-corrected chi connectivity index (χ4v) is 3.46. The van der Waals surface area contributed by atoms with E-state index in [0.29, 0.717) is 17.0 Å². The highest BCUT2D eigenvalue weighted by Gasteiger charge is 2.18. The Labute approximate surface area is 165 Å². The molecule has 29 heavy (non-hydrogen) atoms. The van der Waals surface area contributed by atoms with Crippen molar-refractivity contribution in [2.75, 3.05) is 10.0 Å². The number of aryl methyl sites for hydroxylation is 2. The minimum absolute atomic E-state index is 0.0397. The third-order valence-corrected chi connectivity index (χ3v) is 5.33. The quantitative estimate of drug-likeness (QED) is 0.463. The second-order valence-corrected chi connectivity index (χ2v) is 7.85. The first-order valence-corrected chi connectivity index (χ1v) is 9.76. The molecular formula is C18H16N4O6S. The van der Waals surface area contributed by atoms with Crippen LogP contribution in [0.1, 0.15) is 21.7 Å². The van der Waals surface area contributed by atoms with Crippen LogP contribution in [0.15, 0.2) is 57.9 Å². The van der Waals surface area contributed by atoms with Gasteiger partial charge in [-0.1, -0.05) is 11.2 Å². The Bertz CT molecular complexity index is 1190. The van der Waals surface area contributed by atoms with Crippen LogP contribution in [0.2, 0.25) is 0 Å². The first-order chi connectivity index (χ1) is 13.7. The molecule has 1 aromatic heterocycles. The lowest BCUT2D eigenvalue weighted by molar-refractivity contribution is -0.385. The molecule has 2 aromatic carbocycles. The molecule has 1 amide bonds. The van der Waals surface area contributed by atoms with E-state index in [2.05, 4.69) is 15.2 Å². The highest BCUT2D eigenvalue weighted by Crippen LogP contribution is 2.21. The topological polar surface area (TPSA) is 144 Å². The van der Waals surface area contributed by atoms with E-state index in [4.69, 9.17) is 4.52 Å². The van der Waals surface area contributed by atoms with Crippen LogP contribution < -0.4 is 10.0 Å². The van der Waals surface area contributed by atoms with E-state index in [1.54, 1.807) is 13.8 Å². The summed E-state index contributed by atoms with van der Waals surface area (Å²) < 4.78 is 31.8. The summed E-state index contributed by atoms with van der Waals surface area (Å²) in [6, 6.07) is 11.0. The molecule has 0 aliphatic rings. The van der Waals surface area contributed by atoms with Crippen molar-refractivity contribution >= 4 is 33.1 Å². The fraction of sp³-hybridized carbons (Fsp3) is 0.111. The number of hydrogen-bond donors (Lipinski definition) is 2. The summed E-state index contributed by atoms with van der Waals surface area (Å²) in [6.07, 6.45) is 0. The number of nitro groups is 1. The lowest BCUT2D eigenvalue weighted by atomic mass is 10.1. The molecule has 0 spiro atoms. The van der Waals surface area contributed by atoms with Gasteiger partial charge in [-0.2, -0.15) is 0 Å². The molecule has 2 N–H and O–H groups in total. The number of benzene rings is 2. The number of amides is 1. The molecule has 10 nitrogen and oxygen atoms in total. The average molecular weight is 416 g/mol. The summed E-state index contributed by atoms with van der Waals surface area (Å²) in [5, 5.41) is 17.2. The van der Waals surface area contributed by atoms with Crippen LogP contribution in [0.3, 0.4) is 0 Å². The van der Waals surface area contributed by atoms with Crippen molar-refractivity contribution in [1.82, 2.24) is 5.16 Å². The predicted molar refractivity (Wildman–Crippen MR) is 104 cm³/mol. The summed E-state index contributed by atoms with van der Waals surface area (Å²) >= 11 is 0. The van der Waals surface area contributed by atoms with E-state index < -0.39 is 20.9 Å². The lowest BCUT2D eigenvalue weighted by Gasteiger charge is -2.08. The van der Waals surface area contributed by atoms with E-state index in [9.17, 15) is 23.3 Å². The zero-order valence-corrected chi connectivity index (χ0v) is 16.2. The predicted octanol–water partition coefficient (Wildman–Crippen LogP) is 3.25. The summed E-state index contributed by atoms with van der Waals surface area (Å²) in [7, 11) is -3.88. The second kappa shape index (κ2) is 7.72. The van der Waals surface area contributed by atoms with Crippen LogP contribution in [-0.4, -0.2) is 24.4 Å². The molecule has 0 saturated heterocycles. The Morgan fingerprint density at radius 1 is 1.10 bits per heavy atom. The zero-order valence-electron chi connectivity index (χ0n) is 15.4. The third-order valence-electron chi connectivity index (χ3n) is 3.96. The van der Waals surface area contributed by atoms with E-state index in [-0.39, 0.29) is 22.0 Å². The molecule has 0 bridgehead atoms. The fourth-order valence-electron chi connectivity index (χ4n) is 2.48. The maximum Gasteiger partial charge on any atom is 0.273 e. The summed E-state index contributed by atoms with van der Waals surface area (Å²) in [6.45, 7) is 3.21. The molecule has 0 aliphatic heterocycles. The number of carbonyl (C=O) groups excluding carboxylic acids is 1. The van der Waals surface area contributed by atoms with Crippen molar-refractivity contribution < 1.29 is 22.7 Å². The van der Waals surface area contributed by atoms with Gasteiger partial charge in [0.2, 0.25) is 0 Å². The Balaban J connectivity index is 1.74. The van der Waals surface area contributed by atoms with Gasteiger partial charge in [0.05, 0.1) is 9.82 Å². The number of hydrogen-bond acceptors (Lipinski definition) is 7. The average Bonchev–Trinajstić information content (AvgIpc) is 3.06. The van der Waals surface area contributed by atoms with Gasteiger partial charge in [0.25, 0.3) is 21.6 Å². The summed E-state index contributed by atoms with van der Waals surface area (Å²) in [5.41, 5.74) is 0.723. The minimum atomic E-state index is -3.88. The van der Waals surface area contributed by atoms with Gasteiger partial charge in [-0.05, 0) is 44.2 Å². The van der Waals surface area contributed by atoms with Crippen molar-refractivity contribution in [1.29, 1.82) is 0 Å². The van der Waals surface area contributed by atoms with Crippen molar-refractivity contribution in [2.45, 2.75) is 18.7 Å². The lowest BCUT2D eigenvalue weighted by Crippen LogP contribution is -2.14. The monoisotopic (exact) mass is 416 g/mol. The van der Waals surface area contributed by atoms with E-state index in [1.807, 2.05) is 0 Å². The van der Waals surface area contributed by atoms with Crippen LogP contribution in [0, 0.1) is 24.0 Å². The Hall–Kier alpha value is -3.73. The molecule has 150 valence electrons. The molecule has 0 radical (unpaired) electrons. The SMILES string of the molecule is Cc1cc(NS(=O)(=O)c2ccc(NC(=O)c3ccc(C)c([N+](=O)[O-])c3)cc2)no1. The number of sulfonamides is 1. The largest absolute Gasteiger partial charge is 0.360 e. The van der Waals surface area contributed by atoms with Crippen molar-refractivity contribution in [3.8, 4) is 0 Å². The van der Waals surface area contributed by atoms with Gasteiger partial charge in [0.1, 0.15) is 5.76 Å². The first-order valence-electron chi connectivity index (χ1n) is 8.28. The maximum absolute atomic E-state index is 12.4. The first kappa shape index (κ1) is 20.0. The van der Waals surface area contributed by atoms with Crippen LogP contribution in [0.5, 0.6) is 0 Å². The number of carbonyl (C=O) groups is 1. The van der Waals surface area contributed by atoms with Crippen molar-refractivity contribution in [3.05, 3.63) is 75.5 Å². The molecule has 0 fully saturated rings. The Morgan fingerprint density at radius 3 is 2.38 bits per heavy atom. The maximum atomic E-state index is 12.4. The molecule has 11 heteroatoms. The van der Waals surface area contributed by atoms with E-state index in [0.717, 1.165) is 0 Å². The summed E-state index contributed by atoms with van der Waals surface area (Å²) in [5.74, 6) is -0.0437. The normalized spacial score (nSPS) is 11.1. The number of anilines is 2. The van der Waals surface area contributed by atoms with Gasteiger partial charge < -0.3 is 9.84 Å². The number of rotatable bonds is 6. The molecular weight excluding hydrogens is 400 g/mol. The number of nitro benzene ring substituents is 1. The number of aromatic nitrogens is 1. The smallest absolute Gasteiger partial charge is 0.273 e. The minimum Gasteiger partial charge on any atom is -0.360 e. The molecule has 0 unspecified atom stereocenters. The van der Waals surface area contributed by atoms with Gasteiger partial charge in [-0.3, -0.25) is 19.6 Å². The van der Waals surface area contributed by atoms with Gasteiger partial charge in [0, 0.05) is 28.9 Å². The standard InChI is InChI=1S/C18H16N4O6S/c1-11-3-4-13(10-16(11)22(24)25)18(23)19-14-5-7-15(8-6-14)29(26,27)21-17-9-12(2)28-20-17/h3-10H,1-2H3,(H,19,23)(H,20,21). The molecule has 0 saturated carbocycles. The number of nitrogens with one attached hydrogen (secondary N) is 2. The van der Waals surface area contributed by atoms with Gasteiger partial charge >= 0.3 is 0 Å². The Morgan fingerprint density at radius 2 is 1.79 bits per heavy atom. The van der Waals surface area contributed by atoms with Crippen molar-refractivity contribution in [3.63, 3.8) is 0 Å². The van der Waals surface area contributed by atoms with Crippen LogP contribution in [-0.2, 0) is 10.0 Å². The molecule has 3 aromatic rings. The summed E-state index contributed by atoms with van der Waals surface area (Å²) in [4.78, 5) is 22.8. The molecule has 1 heterocycles. The van der Waals surface area contributed by atoms with Gasteiger partial charge in [-0.25, -0.2) is 8.42 Å².